The van der Waals surface area contributed by atoms with Crippen LogP contribution in [-0.4, -0.2) is 29.5 Å². The molecule has 7 nitrogen and oxygen atoms in total. The zero-order valence-corrected chi connectivity index (χ0v) is 15.0. The molecule has 0 radical (unpaired) electrons. The van der Waals surface area contributed by atoms with E-state index in [1.165, 1.54) is 6.07 Å². The quantitative estimate of drug-likeness (QED) is 0.513. The number of nitrogens with zero attached hydrogens (tertiary/aromatic N) is 6. The van der Waals surface area contributed by atoms with Crippen molar-refractivity contribution in [1.29, 1.82) is 0 Å². The average Bonchev–Trinajstić information content (AvgIpc) is 3.07. The number of rotatable bonds is 3. The van der Waals surface area contributed by atoms with Crippen LogP contribution in [-0.2, 0) is 13.2 Å². The largest absolute Gasteiger partial charge is 0.433 e. The van der Waals surface area contributed by atoms with Gasteiger partial charge in [0.25, 0.3) is 0 Å². The van der Waals surface area contributed by atoms with E-state index in [-0.39, 0.29) is 16.8 Å². The molecule has 4 aromatic rings. The van der Waals surface area contributed by atoms with E-state index in [1.54, 1.807) is 29.2 Å². The van der Waals surface area contributed by atoms with E-state index in [0.29, 0.717) is 16.7 Å². The molecule has 11 heteroatoms. The maximum atomic E-state index is 12.9. The molecule has 0 aliphatic carbocycles. The lowest BCUT2D eigenvalue weighted by atomic mass is 10.2. The van der Waals surface area contributed by atoms with Crippen LogP contribution in [0.15, 0.2) is 43.0 Å². The van der Waals surface area contributed by atoms with Crippen molar-refractivity contribution < 1.29 is 13.2 Å². The molecule has 0 spiro atoms. The van der Waals surface area contributed by atoms with Crippen LogP contribution >= 0.6 is 11.6 Å². The lowest BCUT2D eigenvalue weighted by Gasteiger charge is -2.11. The lowest BCUT2D eigenvalue weighted by molar-refractivity contribution is -0.141. The van der Waals surface area contributed by atoms with Gasteiger partial charge in [-0.15, -0.1) is 0 Å². The van der Waals surface area contributed by atoms with Crippen LogP contribution in [0.2, 0.25) is 5.28 Å². The lowest BCUT2D eigenvalue weighted by Crippen LogP contribution is -2.08. The summed E-state index contributed by atoms with van der Waals surface area (Å²) in [5.74, 6) is 0.179. The molecule has 142 valence electrons. The van der Waals surface area contributed by atoms with Crippen molar-refractivity contribution in [3.8, 4) is 11.4 Å². The highest BCUT2D eigenvalue weighted by molar-refractivity contribution is 6.28. The molecule has 0 unspecified atom stereocenters. The number of alkyl halides is 3. The SMILES string of the molecule is Cn1cncc1-c1ccc2nc(Cl)nc(Nc3ccnc(C(F)(F)F)c3)c2n1. The van der Waals surface area contributed by atoms with Crippen molar-refractivity contribution in [3.63, 3.8) is 0 Å². The minimum absolute atomic E-state index is 0.0600. The third-order valence-corrected chi connectivity index (χ3v) is 4.08. The Balaban J connectivity index is 1.81. The summed E-state index contributed by atoms with van der Waals surface area (Å²) in [6, 6.07) is 5.73. The van der Waals surface area contributed by atoms with E-state index in [9.17, 15) is 13.2 Å². The molecule has 0 aliphatic rings. The first-order chi connectivity index (χ1) is 13.3. The molecule has 0 bridgehead atoms. The molecule has 4 aromatic heterocycles. The van der Waals surface area contributed by atoms with Crippen molar-refractivity contribution >= 4 is 34.1 Å². The van der Waals surface area contributed by atoms with E-state index in [0.717, 1.165) is 18.0 Å². The maximum Gasteiger partial charge on any atom is 0.433 e. The Bertz CT molecular complexity index is 1170. The van der Waals surface area contributed by atoms with Crippen LogP contribution in [0.3, 0.4) is 0 Å². The number of hydrogen-bond donors (Lipinski definition) is 1. The van der Waals surface area contributed by atoms with Crippen LogP contribution < -0.4 is 5.32 Å². The Morgan fingerprint density at radius 1 is 1.11 bits per heavy atom. The van der Waals surface area contributed by atoms with Gasteiger partial charge in [-0.2, -0.15) is 18.2 Å². The van der Waals surface area contributed by atoms with E-state index >= 15 is 0 Å². The fourth-order valence-corrected chi connectivity index (χ4v) is 2.80. The van der Waals surface area contributed by atoms with Gasteiger partial charge in [-0.25, -0.2) is 15.0 Å². The standard InChI is InChI=1S/C17H11ClF3N7/c1-28-8-22-7-12(28)10-2-3-11-14(25-10)15(27-16(18)26-11)24-9-4-5-23-13(6-9)17(19,20)21/h2-8H,1H3,(H,23,24,26,27). The number of anilines is 2. The molecule has 4 rings (SSSR count). The summed E-state index contributed by atoms with van der Waals surface area (Å²) in [4.78, 5) is 20.1. The number of pyridine rings is 2. The van der Waals surface area contributed by atoms with Gasteiger partial charge in [0.1, 0.15) is 11.2 Å². The summed E-state index contributed by atoms with van der Waals surface area (Å²) in [5, 5.41) is 2.77. The van der Waals surface area contributed by atoms with E-state index in [1.807, 2.05) is 7.05 Å². The second-order valence-electron chi connectivity index (χ2n) is 5.85. The number of aryl methyl sites for hydroxylation is 1. The Morgan fingerprint density at radius 3 is 2.64 bits per heavy atom. The highest BCUT2D eigenvalue weighted by Crippen LogP contribution is 2.31. The predicted octanol–water partition coefficient (Wildman–Crippen LogP) is 4.24. The fourth-order valence-electron chi connectivity index (χ4n) is 2.62. The number of nitrogens with one attached hydrogen (secondary N) is 1. The summed E-state index contributed by atoms with van der Waals surface area (Å²) >= 11 is 5.96. The van der Waals surface area contributed by atoms with Gasteiger partial charge >= 0.3 is 6.18 Å². The predicted molar refractivity (Wildman–Crippen MR) is 97.1 cm³/mol. The minimum atomic E-state index is -4.56. The van der Waals surface area contributed by atoms with Gasteiger partial charge in [0.15, 0.2) is 5.82 Å². The summed E-state index contributed by atoms with van der Waals surface area (Å²) in [7, 11) is 1.82. The molecule has 0 aliphatic heterocycles. The van der Waals surface area contributed by atoms with Gasteiger partial charge in [-0.1, -0.05) is 0 Å². The van der Waals surface area contributed by atoms with Gasteiger partial charge in [-0.3, -0.25) is 4.98 Å². The van der Waals surface area contributed by atoms with Crippen LogP contribution in [0.5, 0.6) is 0 Å². The van der Waals surface area contributed by atoms with Crippen LogP contribution in [0, 0.1) is 0 Å². The average molecular weight is 406 g/mol. The first-order valence-corrected chi connectivity index (χ1v) is 8.30. The van der Waals surface area contributed by atoms with Crippen LogP contribution in [0.4, 0.5) is 24.7 Å². The molecule has 0 saturated heterocycles. The highest BCUT2D eigenvalue weighted by atomic mass is 35.5. The normalized spacial score (nSPS) is 11.8. The molecule has 1 N–H and O–H groups in total. The molecule has 4 heterocycles. The van der Waals surface area contributed by atoms with Gasteiger partial charge < -0.3 is 9.88 Å². The summed E-state index contributed by atoms with van der Waals surface area (Å²) in [5.41, 5.74) is 1.28. The molecule has 0 saturated carbocycles. The summed E-state index contributed by atoms with van der Waals surface area (Å²) in [6.45, 7) is 0. The van der Waals surface area contributed by atoms with Crippen LogP contribution in [0.1, 0.15) is 5.69 Å². The minimum Gasteiger partial charge on any atom is -0.338 e. The highest BCUT2D eigenvalue weighted by Gasteiger charge is 2.32. The van der Waals surface area contributed by atoms with Crippen molar-refractivity contribution in [2.75, 3.05) is 5.32 Å². The van der Waals surface area contributed by atoms with Crippen LogP contribution in [0.25, 0.3) is 22.4 Å². The number of aromatic nitrogens is 6. The molecule has 0 fully saturated rings. The topological polar surface area (TPSA) is 81.4 Å². The Labute approximate surface area is 161 Å². The van der Waals surface area contributed by atoms with Crippen molar-refractivity contribution in [3.05, 3.63) is 54.0 Å². The number of fused-ring (bicyclic) bond motifs is 1. The van der Waals surface area contributed by atoms with E-state index in [4.69, 9.17) is 11.6 Å². The van der Waals surface area contributed by atoms with Crippen molar-refractivity contribution in [2.45, 2.75) is 6.18 Å². The van der Waals surface area contributed by atoms with E-state index in [2.05, 4.69) is 30.2 Å². The van der Waals surface area contributed by atoms with E-state index < -0.39 is 11.9 Å². The number of hydrogen-bond acceptors (Lipinski definition) is 6. The maximum absolute atomic E-state index is 12.9. The molecular weight excluding hydrogens is 395 g/mol. The van der Waals surface area contributed by atoms with Gasteiger partial charge in [0, 0.05) is 18.9 Å². The van der Waals surface area contributed by atoms with Gasteiger partial charge in [-0.05, 0) is 35.9 Å². The summed E-state index contributed by atoms with van der Waals surface area (Å²) < 4.78 is 40.5. The third kappa shape index (κ3) is 3.46. The molecule has 0 atom stereocenters. The Kier molecular flexibility index (Phi) is 4.34. The fraction of sp³-hybridized carbons (Fsp3) is 0.118. The first kappa shape index (κ1) is 18.1. The second-order valence-corrected chi connectivity index (χ2v) is 6.19. The molecule has 0 amide bonds. The van der Waals surface area contributed by atoms with Crippen molar-refractivity contribution in [1.82, 2.24) is 29.5 Å². The zero-order chi connectivity index (χ0) is 19.9. The van der Waals surface area contributed by atoms with Gasteiger partial charge in [0.05, 0.1) is 29.4 Å². The number of halogens is 4. The second kappa shape index (κ2) is 6.71. The molecule has 28 heavy (non-hydrogen) atoms. The Morgan fingerprint density at radius 2 is 1.93 bits per heavy atom. The van der Waals surface area contributed by atoms with Gasteiger partial charge in [0.2, 0.25) is 5.28 Å². The summed E-state index contributed by atoms with van der Waals surface area (Å²) in [6.07, 6.45) is -0.219. The third-order valence-electron chi connectivity index (χ3n) is 3.91. The monoisotopic (exact) mass is 405 g/mol. The first-order valence-electron chi connectivity index (χ1n) is 7.92. The number of imidazole rings is 1. The molecule has 0 aromatic carbocycles. The zero-order valence-electron chi connectivity index (χ0n) is 14.2. The smallest absolute Gasteiger partial charge is 0.338 e. The molecular formula is C17H11ClF3N7. The van der Waals surface area contributed by atoms with Crippen molar-refractivity contribution in [2.24, 2.45) is 7.05 Å². The Hall–Kier alpha value is -3.27.